The molecule has 1 unspecified atom stereocenters. The number of benzene rings is 2. The van der Waals surface area contributed by atoms with Crippen molar-refractivity contribution in [2.24, 2.45) is 4.99 Å². The molecule has 1 saturated heterocycles. The molecule has 0 spiro atoms. The van der Waals surface area contributed by atoms with Crippen molar-refractivity contribution in [2.45, 2.75) is 11.7 Å². The van der Waals surface area contributed by atoms with Gasteiger partial charge in [0.15, 0.2) is 5.17 Å². The van der Waals surface area contributed by atoms with E-state index in [0.29, 0.717) is 31.6 Å². The second kappa shape index (κ2) is 8.52. The highest BCUT2D eigenvalue weighted by atomic mass is 35.5. The van der Waals surface area contributed by atoms with Crippen LogP contribution in [0.2, 0.25) is 15.1 Å². The highest BCUT2D eigenvalue weighted by Gasteiger charge is 2.34. The Hall–Kier alpha value is -1.73. The van der Waals surface area contributed by atoms with Gasteiger partial charge < -0.3 is 5.32 Å². The van der Waals surface area contributed by atoms with Gasteiger partial charge in [-0.2, -0.15) is 0 Å². The van der Waals surface area contributed by atoms with E-state index in [1.165, 1.54) is 16.7 Å². The first-order valence-corrected chi connectivity index (χ1v) is 9.88. The maximum atomic E-state index is 12.6. The third kappa shape index (κ3) is 4.96. The summed E-state index contributed by atoms with van der Waals surface area (Å²) in [4.78, 5) is 30.8. The molecule has 2 amide bonds. The van der Waals surface area contributed by atoms with Gasteiger partial charge in [-0.3, -0.25) is 14.5 Å². The van der Waals surface area contributed by atoms with Gasteiger partial charge in [0.25, 0.3) is 0 Å². The van der Waals surface area contributed by atoms with Crippen molar-refractivity contribution >= 4 is 74.9 Å². The summed E-state index contributed by atoms with van der Waals surface area (Å²) in [5.74, 6) is -0.522. The first-order valence-electron chi connectivity index (χ1n) is 7.87. The molecule has 2 aromatic carbocycles. The van der Waals surface area contributed by atoms with Crippen molar-refractivity contribution in [3.05, 3.63) is 57.5 Å². The van der Waals surface area contributed by atoms with Crippen LogP contribution in [0.1, 0.15) is 6.42 Å². The predicted octanol–water partition coefficient (Wildman–Crippen LogP) is 5.24. The molecule has 9 heteroatoms. The first kappa shape index (κ1) is 20.0. The monoisotopic (exact) mass is 441 g/mol. The smallest absolute Gasteiger partial charge is 0.238 e. The Balaban J connectivity index is 1.82. The molecule has 1 heterocycles. The largest absolute Gasteiger partial charge is 0.324 e. The van der Waals surface area contributed by atoms with Gasteiger partial charge in [-0.15, -0.1) is 0 Å². The minimum atomic E-state index is -0.627. The highest BCUT2D eigenvalue weighted by molar-refractivity contribution is 8.15. The molecule has 140 valence electrons. The van der Waals surface area contributed by atoms with E-state index in [1.807, 2.05) is 0 Å². The number of rotatable bonds is 3. The summed E-state index contributed by atoms with van der Waals surface area (Å²) in [6.45, 7) is 0. The lowest BCUT2D eigenvalue weighted by molar-refractivity contribution is -0.128. The molecule has 5 nitrogen and oxygen atoms in total. The fourth-order valence-electron chi connectivity index (χ4n) is 2.39. The zero-order chi connectivity index (χ0) is 19.6. The quantitative estimate of drug-likeness (QED) is 0.707. The molecule has 1 fully saturated rings. The SMILES string of the molecule is CN1C(=O)CC(C(=O)Nc2ccccc2Cl)SC1=Nc1cc(Cl)cc(Cl)c1. The summed E-state index contributed by atoms with van der Waals surface area (Å²) in [6, 6.07) is 11.8. The molecule has 0 bridgehead atoms. The summed E-state index contributed by atoms with van der Waals surface area (Å²) in [6.07, 6.45) is 0.0623. The number of hydrogen-bond donors (Lipinski definition) is 1. The zero-order valence-corrected chi connectivity index (χ0v) is 17.2. The van der Waals surface area contributed by atoms with Crippen LogP contribution in [0.25, 0.3) is 0 Å². The van der Waals surface area contributed by atoms with Gasteiger partial charge in [0.2, 0.25) is 11.8 Å². The molecular formula is C18H14Cl3N3O2S. The predicted molar refractivity (Wildman–Crippen MR) is 112 cm³/mol. The number of halogens is 3. The number of carbonyl (C=O) groups is 2. The Kier molecular flexibility index (Phi) is 6.32. The molecule has 1 aliphatic heterocycles. The number of para-hydroxylation sites is 1. The minimum absolute atomic E-state index is 0.0623. The fraction of sp³-hybridized carbons (Fsp3) is 0.167. The molecule has 0 saturated carbocycles. The molecule has 0 aromatic heterocycles. The van der Waals surface area contributed by atoms with E-state index in [0.717, 1.165) is 0 Å². The summed E-state index contributed by atoms with van der Waals surface area (Å²) in [5.41, 5.74) is 0.998. The molecular weight excluding hydrogens is 429 g/mol. The fourth-order valence-corrected chi connectivity index (χ4v) is 4.15. The number of aliphatic imine (C=N–C) groups is 1. The van der Waals surface area contributed by atoms with Crippen LogP contribution in [0.4, 0.5) is 11.4 Å². The molecule has 1 N–H and O–H groups in total. The topological polar surface area (TPSA) is 61.8 Å². The number of thioether (sulfide) groups is 1. The third-order valence-corrected chi connectivity index (χ3v) is 5.77. The van der Waals surface area contributed by atoms with Crippen molar-refractivity contribution in [3.8, 4) is 0 Å². The van der Waals surface area contributed by atoms with Crippen LogP contribution in [0.5, 0.6) is 0 Å². The van der Waals surface area contributed by atoms with Gasteiger partial charge in [-0.1, -0.05) is 58.7 Å². The second-order valence-electron chi connectivity index (χ2n) is 5.75. The van der Waals surface area contributed by atoms with Crippen LogP contribution in [0.3, 0.4) is 0 Å². The average Bonchev–Trinajstić information content (AvgIpc) is 2.59. The van der Waals surface area contributed by atoms with Gasteiger partial charge in [0.1, 0.15) is 5.25 Å². The van der Waals surface area contributed by atoms with Crippen LogP contribution in [-0.2, 0) is 9.59 Å². The van der Waals surface area contributed by atoms with Gasteiger partial charge in [-0.25, -0.2) is 4.99 Å². The minimum Gasteiger partial charge on any atom is -0.324 e. The van der Waals surface area contributed by atoms with Crippen molar-refractivity contribution in [1.82, 2.24) is 4.90 Å². The molecule has 2 aromatic rings. The van der Waals surface area contributed by atoms with E-state index >= 15 is 0 Å². The number of anilines is 1. The summed E-state index contributed by atoms with van der Waals surface area (Å²) < 4.78 is 0. The van der Waals surface area contributed by atoms with Crippen LogP contribution >= 0.6 is 46.6 Å². The van der Waals surface area contributed by atoms with Crippen LogP contribution in [-0.4, -0.2) is 34.2 Å². The molecule has 1 aliphatic rings. The number of carbonyl (C=O) groups excluding carboxylic acids is 2. The summed E-state index contributed by atoms with van der Waals surface area (Å²) in [7, 11) is 1.61. The van der Waals surface area contributed by atoms with Crippen molar-refractivity contribution in [2.75, 3.05) is 12.4 Å². The van der Waals surface area contributed by atoms with E-state index in [9.17, 15) is 9.59 Å². The van der Waals surface area contributed by atoms with Crippen LogP contribution < -0.4 is 5.32 Å². The Morgan fingerprint density at radius 3 is 2.52 bits per heavy atom. The Labute approximate surface area is 175 Å². The van der Waals surface area contributed by atoms with Gasteiger partial charge in [0.05, 0.1) is 16.4 Å². The lowest BCUT2D eigenvalue weighted by atomic mass is 10.2. The van der Waals surface area contributed by atoms with Crippen LogP contribution in [0, 0.1) is 0 Å². The van der Waals surface area contributed by atoms with Crippen molar-refractivity contribution in [3.63, 3.8) is 0 Å². The van der Waals surface area contributed by atoms with E-state index < -0.39 is 5.25 Å². The number of amides is 2. The molecule has 0 aliphatic carbocycles. The Morgan fingerprint density at radius 1 is 1.19 bits per heavy atom. The van der Waals surface area contributed by atoms with Gasteiger partial charge in [-0.05, 0) is 30.3 Å². The number of hydrogen-bond acceptors (Lipinski definition) is 4. The normalized spacial score (nSPS) is 18.7. The first-order chi connectivity index (χ1) is 12.8. The van der Waals surface area contributed by atoms with Crippen molar-refractivity contribution < 1.29 is 9.59 Å². The van der Waals surface area contributed by atoms with Crippen LogP contribution in [0.15, 0.2) is 47.5 Å². The Morgan fingerprint density at radius 2 is 1.85 bits per heavy atom. The number of nitrogens with one attached hydrogen (secondary N) is 1. The van der Waals surface area contributed by atoms with E-state index in [1.54, 1.807) is 49.5 Å². The number of nitrogens with zero attached hydrogens (tertiary/aromatic N) is 2. The number of amidine groups is 1. The maximum absolute atomic E-state index is 12.6. The standard InChI is InChI=1S/C18H14Cl3N3O2S/c1-24-16(25)9-15(17(26)23-14-5-3-2-4-13(14)21)27-18(24)22-12-7-10(19)6-11(20)8-12/h2-8,15H,9H2,1H3,(H,23,26). The average molecular weight is 443 g/mol. The van der Waals surface area contributed by atoms with Gasteiger partial charge in [0, 0.05) is 23.5 Å². The molecule has 1 atom stereocenters. The zero-order valence-electron chi connectivity index (χ0n) is 14.1. The third-order valence-electron chi connectivity index (χ3n) is 3.76. The highest BCUT2D eigenvalue weighted by Crippen LogP contribution is 2.31. The van der Waals surface area contributed by atoms with Gasteiger partial charge >= 0.3 is 0 Å². The molecule has 27 heavy (non-hydrogen) atoms. The summed E-state index contributed by atoms with van der Waals surface area (Å²) >= 11 is 19.3. The van der Waals surface area contributed by atoms with E-state index in [2.05, 4.69) is 10.3 Å². The van der Waals surface area contributed by atoms with E-state index in [-0.39, 0.29) is 18.2 Å². The maximum Gasteiger partial charge on any atom is 0.238 e. The molecule has 0 radical (unpaired) electrons. The second-order valence-corrected chi connectivity index (χ2v) is 8.20. The van der Waals surface area contributed by atoms with Crippen molar-refractivity contribution in [1.29, 1.82) is 0 Å². The summed E-state index contributed by atoms with van der Waals surface area (Å²) in [5, 5.41) is 3.82. The van der Waals surface area contributed by atoms with E-state index in [4.69, 9.17) is 34.8 Å². The molecule has 3 rings (SSSR count). The lowest BCUT2D eigenvalue weighted by Crippen LogP contribution is -2.43. The Bertz CT molecular complexity index is 916. The lowest BCUT2D eigenvalue weighted by Gasteiger charge is -2.29.